The van der Waals surface area contributed by atoms with Crippen LogP contribution in [-0.4, -0.2) is 36.7 Å². The van der Waals surface area contributed by atoms with Crippen LogP contribution in [0.4, 0.5) is 0 Å². The van der Waals surface area contributed by atoms with Crippen molar-refractivity contribution in [2.75, 3.05) is 0 Å². The van der Waals surface area contributed by atoms with Crippen LogP contribution in [0.5, 0.6) is 0 Å². The normalized spacial score (nSPS) is 10.4. The molecule has 0 atom stereocenters. The van der Waals surface area contributed by atoms with Crippen LogP contribution < -0.4 is 0 Å². The molecule has 2 aromatic heterocycles. The third-order valence-electron chi connectivity index (χ3n) is 4.99. The average molecular weight is 472 g/mol. The van der Waals surface area contributed by atoms with E-state index in [-0.39, 0.29) is 0 Å². The molecule has 0 bridgehead atoms. The zero-order chi connectivity index (χ0) is 24.1. The molecule has 0 radical (unpaired) electrons. The van der Waals surface area contributed by atoms with Crippen molar-refractivity contribution in [3.05, 3.63) is 102 Å². The van der Waals surface area contributed by atoms with Crippen LogP contribution in [0.1, 0.15) is 0 Å². The number of carbonyl (C=O) groups is 2. The Morgan fingerprint density at radius 1 is 0.735 bits per heavy atom. The lowest BCUT2D eigenvalue weighted by Crippen LogP contribution is -2.09. The average Bonchev–Trinajstić information content (AvgIpc) is 3.35. The summed E-state index contributed by atoms with van der Waals surface area (Å²) < 4.78 is 2.00. The second-order valence-electron chi connectivity index (χ2n) is 7.11. The maximum atomic E-state index is 9.10. The number of carboxylic acid groups (broad SMARTS) is 2. The molecule has 0 aliphatic carbocycles. The van der Waals surface area contributed by atoms with E-state index in [1.807, 2.05) is 71.4 Å². The third kappa shape index (κ3) is 4.65. The first-order valence-electron chi connectivity index (χ1n) is 10.2. The molecule has 8 heteroatoms. The summed E-state index contributed by atoms with van der Waals surface area (Å²) >= 11 is 6.71. The van der Waals surface area contributed by atoms with Crippen LogP contribution in [0.2, 0.25) is 5.15 Å². The molecule has 0 spiro atoms. The predicted octanol–water partition coefficient (Wildman–Crippen LogP) is 5.56. The van der Waals surface area contributed by atoms with Crippen LogP contribution in [-0.2, 0) is 9.59 Å². The van der Waals surface area contributed by atoms with Gasteiger partial charge in [0, 0.05) is 28.9 Å². The van der Waals surface area contributed by atoms with Crippen LogP contribution in [0.25, 0.3) is 39.1 Å². The van der Waals surface area contributed by atoms with E-state index in [1.54, 1.807) is 6.20 Å². The topological polar surface area (TPSA) is 105 Å². The highest BCUT2D eigenvalue weighted by molar-refractivity contribution is 6.34. The lowest BCUT2D eigenvalue weighted by atomic mass is 10.0. The van der Waals surface area contributed by atoms with Gasteiger partial charge in [-0.05, 0) is 10.9 Å². The number of hydrogen-bond acceptors (Lipinski definition) is 4. The Labute approximate surface area is 199 Å². The van der Waals surface area contributed by atoms with E-state index in [1.165, 1.54) is 0 Å². The molecule has 3 aromatic carbocycles. The Morgan fingerprint density at radius 2 is 1.26 bits per heavy atom. The van der Waals surface area contributed by atoms with Gasteiger partial charge in [-0.15, -0.1) is 0 Å². The van der Waals surface area contributed by atoms with E-state index >= 15 is 0 Å². The molecular formula is C26H18ClN3O4. The quantitative estimate of drug-likeness (QED) is 0.263. The Bertz CT molecular complexity index is 1460. The first-order chi connectivity index (χ1) is 16.5. The van der Waals surface area contributed by atoms with Gasteiger partial charge < -0.3 is 10.2 Å². The number of benzene rings is 3. The fourth-order valence-corrected chi connectivity index (χ4v) is 3.85. The van der Waals surface area contributed by atoms with Gasteiger partial charge in [0.2, 0.25) is 0 Å². The van der Waals surface area contributed by atoms with Crippen molar-refractivity contribution in [3.8, 4) is 28.3 Å². The summed E-state index contributed by atoms with van der Waals surface area (Å²) in [7, 11) is 0. The molecule has 5 aromatic rings. The van der Waals surface area contributed by atoms with Crippen molar-refractivity contribution in [1.82, 2.24) is 14.5 Å². The van der Waals surface area contributed by atoms with Crippen molar-refractivity contribution >= 4 is 34.3 Å². The Morgan fingerprint density at radius 3 is 1.85 bits per heavy atom. The summed E-state index contributed by atoms with van der Waals surface area (Å²) in [5.74, 6) is -2.04. The van der Waals surface area contributed by atoms with Gasteiger partial charge in [0.1, 0.15) is 16.8 Å². The molecule has 0 aliphatic heterocycles. The van der Waals surface area contributed by atoms with Crippen molar-refractivity contribution in [1.29, 1.82) is 0 Å². The molecule has 0 amide bonds. The number of aliphatic carboxylic acids is 2. The van der Waals surface area contributed by atoms with Gasteiger partial charge in [0.05, 0.1) is 0 Å². The van der Waals surface area contributed by atoms with Crippen molar-refractivity contribution in [2.24, 2.45) is 0 Å². The first kappa shape index (κ1) is 22.7. The van der Waals surface area contributed by atoms with Crippen LogP contribution in [0, 0.1) is 0 Å². The van der Waals surface area contributed by atoms with E-state index < -0.39 is 11.9 Å². The molecule has 34 heavy (non-hydrogen) atoms. The number of hydrogen-bond donors (Lipinski definition) is 2. The first-order valence-corrected chi connectivity index (χ1v) is 10.5. The van der Waals surface area contributed by atoms with Gasteiger partial charge in [-0.3, -0.25) is 4.57 Å². The van der Waals surface area contributed by atoms with Crippen molar-refractivity contribution in [2.45, 2.75) is 0 Å². The Kier molecular flexibility index (Phi) is 6.66. The highest BCUT2D eigenvalue weighted by Gasteiger charge is 2.17. The molecule has 5 rings (SSSR count). The second kappa shape index (κ2) is 9.97. The van der Waals surface area contributed by atoms with Gasteiger partial charge in [0.25, 0.3) is 0 Å². The molecule has 168 valence electrons. The highest BCUT2D eigenvalue weighted by atomic mass is 35.5. The number of fused-ring (bicyclic) bond motifs is 1. The number of rotatable bonds is 3. The Balaban J connectivity index is 0.000000408. The number of aromatic nitrogens is 3. The van der Waals surface area contributed by atoms with Crippen LogP contribution in [0.15, 0.2) is 97.3 Å². The number of carboxylic acids is 2. The summed E-state index contributed by atoms with van der Waals surface area (Å²) in [6.45, 7) is 0. The van der Waals surface area contributed by atoms with Gasteiger partial charge >= 0.3 is 11.9 Å². The molecule has 0 saturated heterocycles. The van der Waals surface area contributed by atoms with Gasteiger partial charge in [-0.1, -0.05) is 96.5 Å². The summed E-state index contributed by atoms with van der Waals surface area (Å²) in [6.07, 6.45) is 3.72. The fourth-order valence-electron chi connectivity index (χ4n) is 3.55. The largest absolute Gasteiger partial charge is 0.473 e. The number of halogens is 1. The smallest absolute Gasteiger partial charge is 0.414 e. The molecule has 0 fully saturated rings. The van der Waals surface area contributed by atoms with Gasteiger partial charge in [0.15, 0.2) is 0 Å². The molecular weight excluding hydrogens is 454 g/mol. The minimum absolute atomic E-state index is 0.479. The van der Waals surface area contributed by atoms with Crippen molar-refractivity contribution < 1.29 is 19.8 Å². The third-order valence-corrected chi connectivity index (χ3v) is 5.27. The lowest BCUT2D eigenvalue weighted by Gasteiger charge is -2.15. The van der Waals surface area contributed by atoms with E-state index in [2.05, 4.69) is 29.2 Å². The van der Waals surface area contributed by atoms with E-state index in [4.69, 9.17) is 36.4 Å². The maximum Gasteiger partial charge on any atom is 0.414 e. The van der Waals surface area contributed by atoms with E-state index in [0.717, 1.165) is 39.1 Å². The maximum absolute atomic E-state index is 9.10. The van der Waals surface area contributed by atoms with Gasteiger partial charge in [-0.2, -0.15) is 0 Å². The van der Waals surface area contributed by atoms with E-state index in [0.29, 0.717) is 5.15 Å². The Hall–Kier alpha value is -4.49. The molecule has 2 heterocycles. The second-order valence-corrected chi connectivity index (χ2v) is 7.47. The molecule has 2 N–H and O–H groups in total. The van der Waals surface area contributed by atoms with Crippen LogP contribution in [0.3, 0.4) is 0 Å². The summed E-state index contributed by atoms with van der Waals surface area (Å²) in [6, 6.07) is 28.4. The number of nitrogens with zero attached hydrogens (tertiary/aromatic N) is 3. The lowest BCUT2D eigenvalue weighted by molar-refractivity contribution is -0.159. The summed E-state index contributed by atoms with van der Waals surface area (Å²) in [5, 5.41) is 17.4. The van der Waals surface area contributed by atoms with Crippen LogP contribution >= 0.6 is 11.6 Å². The van der Waals surface area contributed by atoms with E-state index in [9.17, 15) is 0 Å². The molecule has 0 unspecified atom stereocenters. The SMILES string of the molecule is Clc1nc(-n2ccnc2-c2ccccc2)c2ccccc2c1-c1ccccc1.O=C(O)C(=O)O. The summed E-state index contributed by atoms with van der Waals surface area (Å²) in [4.78, 5) is 27.6. The minimum atomic E-state index is -1.82. The zero-order valence-electron chi connectivity index (χ0n) is 17.7. The monoisotopic (exact) mass is 471 g/mol. The number of pyridine rings is 1. The fraction of sp³-hybridized carbons (Fsp3) is 0. The molecule has 0 saturated carbocycles. The number of imidazole rings is 1. The standard InChI is InChI=1S/C24H16ClN3.C2H2O4/c25-22-21(17-9-3-1-4-10-17)19-13-7-8-14-20(19)24(27-22)28-16-15-26-23(28)18-11-5-2-6-12-18;3-1(4)2(5)6/h1-16H;(H,3,4)(H,5,6). The van der Waals surface area contributed by atoms with Gasteiger partial charge in [-0.25, -0.2) is 19.6 Å². The highest BCUT2D eigenvalue weighted by Crippen LogP contribution is 2.37. The molecule has 0 aliphatic rings. The summed E-state index contributed by atoms with van der Waals surface area (Å²) in [5.41, 5.74) is 3.03. The minimum Gasteiger partial charge on any atom is -0.473 e. The molecule has 7 nitrogen and oxygen atoms in total. The predicted molar refractivity (Wildman–Crippen MR) is 130 cm³/mol. The zero-order valence-corrected chi connectivity index (χ0v) is 18.4. The van der Waals surface area contributed by atoms with Crippen molar-refractivity contribution in [3.63, 3.8) is 0 Å².